The SMILES string of the molecule is COc1cc(F)c(N)c2c(=O)c(C(=O)O)c(N3CC[C@@H]([C@H](C)N)C3)n(C3CC3)c12. The first-order valence-corrected chi connectivity index (χ1v) is 9.74. The van der Waals surface area contributed by atoms with Crippen molar-refractivity contribution in [1.82, 2.24) is 4.57 Å². The lowest BCUT2D eigenvalue weighted by Crippen LogP contribution is -2.34. The van der Waals surface area contributed by atoms with Crippen molar-refractivity contribution in [1.29, 1.82) is 0 Å². The molecule has 5 N–H and O–H groups in total. The van der Waals surface area contributed by atoms with Crippen LogP contribution in [0.25, 0.3) is 10.9 Å². The maximum Gasteiger partial charge on any atom is 0.343 e. The Hall–Kier alpha value is -2.81. The summed E-state index contributed by atoms with van der Waals surface area (Å²) in [5.41, 5.74) is 10.8. The van der Waals surface area contributed by atoms with Crippen LogP contribution in [0.5, 0.6) is 5.75 Å². The number of aromatic carboxylic acids is 1. The molecule has 0 spiro atoms. The molecular weight excluding hydrogens is 379 g/mol. The Morgan fingerprint density at radius 1 is 1.38 bits per heavy atom. The molecule has 1 saturated heterocycles. The highest BCUT2D eigenvalue weighted by Crippen LogP contribution is 2.45. The van der Waals surface area contributed by atoms with Gasteiger partial charge in [-0.3, -0.25) is 4.79 Å². The summed E-state index contributed by atoms with van der Waals surface area (Å²) in [5.74, 6) is -1.47. The van der Waals surface area contributed by atoms with Gasteiger partial charge in [0, 0.05) is 31.2 Å². The molecule has 8 nitrogen and oxygen atoms in total. The molecule has 0 unspecified atom stereocenters. The Morgan fingerprint density at radius 3 is 2.59 bits per heavy atom. The van der Waals surface area contributed by atoms with Crippen LogP contribution in [0.1, 0.15) is 42.6 Å². The first-order valence-electron chi connectivity index (χ1n) is 9.74. The van der Waals surface area contributed by atoms with Gasteiger partial charge >= 0.3 is 5.97 Å². The minimum atomic E-state index is -1.35. The summed E-state index contributed by atoms with van der Waals surface area (Å²) in [6, 6.07) is 1.10. The number of halogens is 1. The second-order valence-electron chi connectivity index (χ2n) is 7.99. The predicted octanol–water partition coefficient (Wildman–Crippen LogP) is 1.94. The number of fused-ring (bicyclic) bond motifs is 1. The van der Waals surface area contributed by atoms with Gasteiger partial charge in [0.1, 0.15) is 17.1 Å². The zero-order valence-electron chi connectivity index (χ0n) is 16.4. The van der Waals surface area contributed by atoms with Crippen molar-refractivity contribution in [2.75, 3.05) is 30.8 Å². The van der Waals surface area contributed by atoms with Crippen molar-refractivity contribution in [3.05, 3.63) is 27.7 Å². The molecule has 0 amide bonds. The zero-order valence-corrected chi connectivity index (χ0v) is 16.4. The Morgan fingerprint density at radius 2 is 2.07 bits per heavy atom. The Bertz CT molecular complexity index is 1060. The summed E-state index contributed by atoms with van der Waals surface area (Å²) in [5, 5.41) is 9.78. The van der Waals surface area contributed by atoms with E-state index in [4.69, 9.17) is 16.2 Å². The molecular formula is C20H25FN4O4. The van der Waals surface area contributed by atoms with Crippen LogP contribution in [0.3, 0.4) is 0 Å². The molecule has 2 heterocycles. The van der Waals surface area contributed by atoms with Crippen LogP contribution in [-0.2, 0) is 0 Å². The third kappa shape index (κ3) is 3.00. The number of nitrogen functional groups attached to an aromatic ring is 1. The van der Waals surface area contributed by atoms with Crippen molar-refractivity contribution in [2.24, 2.45) is 11.7 Å². The number of carbonyl (C=O) groups is 1. The van der Waals surface area contributed by atoms with Crippen LogP contribution >= 0.6 is 0 Å². The normalized spacial score (nSPS) is 20.3. The van der Waals surface area contributed by atoms with Gasteiger partial charge in [0.25, 0.3) is 0 Å². The molecule has 2 fully saturated rings. The third-order valence-corrected chi connectivity index (χ3v) is 6.02. The fourth-order valence-corrected chi connectivity index (χ4v) is 4.31. The Labute approximate surface area is 166 Å². The molecule has 1 aromatic heterocycles. The second kappa shape index (κ2) is 6.91. The van der Waals surface area contributed by atoms with Crippen LogP contribution in [-0.4, -0.2) is 41.9 Å². The number of nitrogens with two attached hydrogens (primary N) is 2. The lowest BCUT2D eigenvalue weighted by molar-refractivity contribution is 0.0695. The van der Waals surface area contributed by atoms with E-state index in [-0.39, 0.29) is 40.4 Å². The minimum Gasteiger partial charge on any atom is -0.494 e. The fraction of sp³-hybridized carbons (Fsp3) is 0.500. The summed E-state index contributed by atoms with van der Waals surface area (Å²) in [7, 11) is 1.39. The number of pyridine rings is 1. The number of anilines is 2. The van der Waals surface area contributed by atoms with E-state index in [1.165, 1.54) is 7.11 Å². The van der Waals surface area contributed by atoms with Crippen molar-refractivity contribution in [3.8, 4) is 5.75 Å². The fourth-order valence-electron chi connectivity index (χ4n) is 4.31. The number of hydrogen-bond donors (Lipinski definition) is 3. The number of benzene rings is 1. The van der Waals surface area contributed by atoms with Gasteiger partial charge in [-0.1, -0.05) is 0 Å². The molecule has 1 aromatic carbocycles. The average Bonchev–Trinajstić information content (AvgIpc) is 3.38. The highest BCUT2D eigenvalue weighted by atomic mass is 19.1. The van der Waals surface area contributed by atoms with Crippen LogP contribution in [0.15, 0.2) is 10.9 Å². The number of nitrogens with zero attached hydrogens (tertiary/aromatic N) is 2. The number of methoxy groups -OCH3 is 1. The first-order chi connectivity index (χ1) is 13.8. The van der Waals surface area contributed by atoms with Gasteiger partial charge < -0.3 is 30.8 Å². The molecule has 1 aliphatic carbocycles. The van der Waals surface area contributed by atoms with Gasteiger partial charge in [-0.25, -0.2) is 9.18 Å². The van der Waals surface area contributed by atoms with E-state index >= 15 is 0 Å². The molecule has 1 saturated carbocycles. The summed E-state index contributed by atoms with van der Waals surface area (Å²) in [6.45, 7) is 3.06. The van der Waals surface area contributed by atoms with Gasteiger partial charge in [0.05, 0.1) is 23.7 Å². The monoisotopic (exact) mass is 404 g/mol. The summed E-state index contributed by atoms with van der Waals surface area (Å²) in [6.07, 6.45) is 2.46. The van der Waals surface area contributed by atoms with E-state index in [0.29, 0.717) is 24.4 Å². The van der Waals surface area contributed by atoms with E-state index in [0.717, 1.165) is 25.3 Å². The summed E-state index contributed by atoms with van der Waals surface area (Å²) in [4.78, 5) is 27.3. The first kappa shape index (κ1) is 19.5. The van der Waals surface area contributed by atoms with Crippen LogP contribution in [0, 0.1) is 11.7 Å². The molecule has 29 heavy (non-hydrogen) atoms. The number of rotatable bonds is 5. The van der Waals surface area contributed by atoms with E-state index < -0.39 is 17.2 Å². The van der Waals surface area contributed by atoms with E-state index in [1.54, 1.807) is 0 Å². The van der Waals surface area contributed by atoms with E-state index in [2.05, 4.69) is 0 Å². The molecule has 0 bridgehead atoms. The van der Waals surface area contributed by atoms with Gasteiger partial charge in [-0.2, -0.15) is 0 Å². The average molecular weight is 404 g/mol. The van der Waals surface area contributed by atoms with Crippen LogP contribution in [0.4, 0.5) is 15.9 Å². The number of hydrogen-bond acceptors (Lipinski definition) is 6. The lowest BCUT2D eigenvalue weighted by Gasteiger charge is -2.28. The largest absolute Gasteiger partial charge is 0.494 e. The second-order valence-corrected chi connectivity index (χ2v) is 7.99. The maximum absolute atomic E-state index is 14.4. The molecule has 4 rings (SSSR count). The predicted molar refractivity (Wildman–Crippen MR) is 108 cm³/mol. The molecule has 156 valence electrons. The van der Waals surface area contributed by atoms with Crippen molar-refractivity contribution in [2.45, 2.75) is 38.3 Å². The summed E-state index contributed by atoms with van der Waals surface area (Å²) >= 11 is 0. The summed E-state index contributed by atoms with van der Waals surface area (Å²) < 4.78 is 21.6. The number of carboxylic acid groups (broad SMARTS) is 1. The maximum atomic E-state index is 14.4. The molecule has 0 radical (unpaired) electrons. The van der Waals surface area contributed by atoms with Gasteiger partial charge in [0.2, 0.25) is 5.43 Å². The molecule has 2 aliphatic rings. The van der Waals surface area contributed by atoms with Gasteiger partial charge in [-0.15, -0.1) is 0 Å². The van der Waals surface area contributed by atoms with Crippen molar-refractivity contribution in [3.63, 3.8) is 0 Å². The lowest BCUT2D eigenvalue weighted by atomic mass is 10.0. The minimum absolute atomic E-state index is 0.000638. The highest BCUT2D eigenvalue weighted by Gasteiger charge is 2.38. The van der Waals surface area contributed by atoms with E-state index in [1.807, 2.05) is 16.4 Å². The number of ether oxygens (including phenoxy) is 1. The smallest absolute Gasteiger partial charge is 0.343 e. The zero-order chi connectivity index (χ0) is 21.0. The van der Waals surface area contributed by atoms with Crippen LogP contribution < -0.4 is 26.5 Å². The molecule has 2 atom stereocenters. The quantitative estimate of drug-likeness (QED) is 0.651. The number of aromatic nitrogens is 1. The topological polar surface area (TPSA) is 124 Å². The Kier molecular flexibility index (Phi) is 4.65. The Balaban J connectivity index is 2.11. The molecule has 2 aromatic rings. The molecule has 1 aliphatic heterocycles. The van der Waals surface area contributed by atoms with Gasteiger partial charge in [0.15, 0.2) is 5.82 Å². The third-order valence-electron chi connectivity index (χ3n) is 6.02. The standard InChI is InChI=1S/C20H25FN4O4/c1-9(22)10-5-6-24(8-10)19-15(20(27)28)18(26)14-16(23)12(21)7-13(29-2)17(14)25(19)11-3-4-11/h7,9-11H,3-6,8,22-23H2,1-2H3,(H,27,28)/t9-,10+/m0/s1. The number of carboxylic acids is 1. The van der Waals surface area contributed by atoms with Crippen molar-refractivity contribution < 1.29 is 19.0 Å². The van der Waals surface area contributed by atoms with E-state index in [9.17, 15) is 19.1 Å². The van der Waals surface area contributed by atoms with Gasteiger partial charge in [-0.05, 0) is 32.1 Å². The highest BCUT2D eigenvalue weighted by molar-refractivity contribution is 6.04. The van der Waals surface area contributed by atoms with Crippen molar-refractivity contribution >= 4 is 28.4 Å². The molecule has 9 heteroatoms. The van der Waals surface area contributed by atoms with Crippen LogP contribution in [0.2, 0.25) is 0 Å².